The van der Waals surface area contributed by atoms with Crippen molar-refractivity contribution in [3.05, 3.63) is 35.9 Å². The van der Waals surface area contributed by atoms with Gasteiger partial charge in [0.15, 0.2) is 0 Å². The number of nitrogens with zero attached hydrogens (tertiary/aromatic N) is 2. The average molecular weight is 275 g/mol. The van der Waals surface area contributed by atoms with Gasteiger partial charge in [-0.2, -0.15) is 0 Å². The summed E-state index contributed by atoms with van der Waals surface area (Å²) in [5, 5.41) is 2.66. The lowest BCUT2D eigenvalue weighted by Crippen LogP contribution is -2.52. The molecule has 0 bridgehead atoms. The van der Waals surface area contributed by atoms with Crippen LogP contribution < -0.4 is 5.32 Å². The summed E-state index contributed by atoms with van der Waals surface area (Å²) in [6, 6.07) is 8.79. The van der Waals surface area contributed by atoms with Crippen LogP contribution in [0, 0.1) is 0 Å². The molecule has 1 aromatic carbocycles. The first-order valence-electron chi connectivity index (χ1n) is 6.43. The summed E-state index contributed by atoms with van der Waals surface area (Å²) >= 11 is 0. The van der Waals surface area contributed by atoms with E-state index in [2.05, 4.69) is 5.32 Å². The van der Waals surface area contributed by atoms with Crippen LogP contribution in [-0.2, 0) is 9.59 Å². The number of nitrogens with one attached hydrogen (secondary N) is 1. The molecule has 6 nitrogen and oxygen atoms in total. The molecule has 1 aromatic rings. The van der Waals surface area contributed by atoms with E-state index in [1.54, 1.807) is 31.3 Å². The predicted octanol–water partition coefficient (Wildman–Crippen LogP) is -0.283. The first-order valence-corrected chi connectivity index (χ1v) is 6.43. The molecule has 0 atom stereocenters. The van der Waals surface area contributed by atoms with E-state index >= 15 is 0 Å². The molecule has 3 amide bonds. The van der Waals surface area contributed by atoms with Crippen molar-refractivity contribution in [2.75, 3.05) is 33.2 Å². The molecule has 0 aliphatic carbocycles. The van der Waals surface area contributed by atoms with Crippen molar-refractivity contribution in [2.24, 2.45) is 0 Å². The Kier molecular flexibility index (Phi) is 4.34. The number of carbonyl (C=O) groups is 3. The Labute approximate surface area is 117 Å². The van der Waals surface area contributed by atoms with Crippen molar-refractivity contribution in [2.45, 2.75) is 0 Å². The molecular weight excluding hydrogens is 258 g/mol. The van der Waals surface area contributed by atoms with E-state index in [0.717, 1.165) is 0 Å². The molecular formula is C14H17N3O3. The van der Waals surface area contributed by atoms with Crippen LogP contribution in [0.15, 0.2) is 30.3 Å². The number of rotatable bonds is 3. The number of carbonyl (C=O) groups excluding carboxylic acids is 3. The van der Waals surface area contributed by atoms with Gasteiger partial charge in [0.25, 0.3) is 5.91 Å². The van der Waals surface area contributed by atoms with Crippen LogP contribution >= 0.6 is 0 Å². The van der Waals surface area contributed by atoms with Crippen LogP contribution in [0.25, 0.3) is 0 Å². The molecule has 1 heterocycles. The van der Waals surface area contributed by atoms with Gasteiger partial charge in [-0.25, -0.2) is 0 Å². The quantitative estimate of drug-likeness (QED) is 0.824. The zero-order valence-corrected chi connectivity index (χ0v) is 11.3. The minimum atomic E-state index is -0.216. The van der Waals surface area contributed by atoms with Crippen molar-refractivity contribution >= 4 is 17.7 Å². The summed E-state index contributed by atoms with van der Waals surface area (Å²) < 4.78 is 0. The summed E-state index contributed by atoms with van der Waals surface area (Å²) in [7, 11) is 1.58. The zero-order chi connectivity index (χ0) is 14.5. The zero-order valence-electron chi connectivity index (χ0n) is 11.3. The van der Waals surface area contributed by atoms with Gasteiger partial charge in [0.1, 0.15) is 0 Å². The van der Waals surface area contributed by atoms with Crippen molar-refractivity contribution < 1.29 is 14.4 Å². The first kappa shape index (κ1) is 14.0. The first-order chi connectivity index (χ1) is 9.58. The Balaban J connectivity index is 1.94. The monoisotopic (exact) mass is 275 g/mol. The molecule has 0 spiro atoms. The Morgan fingerprint density at radius 1 is 1.30 bits per heavy atom. The van der Waals surface area contributed by atoms with E-state index < -0.39 is 0 Å². The van der Waals surface area contributed by atoms with E-state index in [-0.39, 0.29) is 30.8 Å². The molecule has 20 heavy (non-hydrogen) atoms. The van der Waals surface area contributed by atoms with E-state index in [4.69, 9.17) is 0 Å². The lowest BCUT2D eigenvalue weighted by atomic mass is 10.2. The highest BCUT2D eigenvalue weighted by molar-refractivity contribution is 5.96. The maximum atomic E-state index is 12.1. The normalized spacial score (nSPS) is 14.7. The third-order valence-electron chi connectivity index (χ3n) is 3.13. The summed E-state index contributed by atoms with van der Waals surface area (Å²) in [4.78, 5) is 38.2. The highest BCUT2D eigenvalue weighted by atomic mass is 16.2. The van der Waals surface area contributed by atoms with Gasteiger partial charge in [-0.05, 0) is 12.1 Å². The van der Waals surface area contributed by atoms with Crippen LogP contribution in [0.4, 0.5) is 0 Å². The van der Waals surface area contributed by atoms with Crippen molar-refractivity contribution in [1.82, 2.24) is 15.1 Å². The highest BCUT2D eigenvalue weighted by Crippen LogP contribution is 2.04. The van der Waals surface area contributed by atoms with Crippen LogP contribution in [0.1, 0.15) is 10.4 Å². The molecule has 1 fully saturated rings. The number of likely N-dealkylation sites (N-methyl/N-ethyl adjacent to an activating group) is 1. The topological polar surface area (TPSA) is 69.7 Å². The van der Waals surface area contributed by atoms with Gasteiger partial charge in [0.2, 0.25) is 11.8 Å². The lowest BCUT2D eigenvalue weighted by molar-refractivity contribution is -0.138. The second-order valence-electron chi connectivity index (χ2n) is 4.69. The van der Waals surface area contributed by atoms with Crippen LogP contribution in [0.2, 0.25) is 0 Å². The second-order valence-corrected chi connectivity index (χ2v) is 4.69. The molecule has 1 N–H and O–H groups in total. The molecule has 106 valence electrons. The summed E-state index contributed by atoms with van der Waals surface area (Å²) in [5.74, 6) is -0.589. The predicted molar refractivity (Wildman–Crippen MR) is 73.0 cm³/mol. The maximum Gasteiger partial charge on any atom is 0.254 e. The van der Waals surface area contributed by atoms with E-state index in [0.29, 0.717) is 18.7 Å². The number of piperazine rings is 1. The Hall–Kier alpha value is -2.37. The van der Waals surface area contributed by atoms with Crippen molar-refractivity contribution in [1.29, 1.82) is 0 Å². The average Bonchev–Trinajstić information content (AvgIpc) is 2.47. The van der Waals surface area contributed by atoms with Gasteiger partial charge >= 0.3 is 0 Å². The molecule has 1 aliphatic rings. The number of benzene rings is 1. The molecule has 0 unspecified atom stereocenters. The van der Waals surface area contributed by atoms with Gasteiger partial charge < -0.3 is 15.1 Å². The van der Waals surface area contributed by atoms with Gasteiger partial charge in [-0.3, -0.25) is 14.4 Å². The number of hydrogen-bond acceptors (Lipinski definition) is 3. The number of hydrogen-bond donors (Lipinski definition) is 1. The highest BCUT2D eigenvalue weighted by Gasteiger charge is 2.23. The van der Waals surface area contributed by atoms with Crippen molar-refractivity contribution in [3.63, 3.8) is 0 Å². The molecule has 0 radical (unpaired) electrons. The van der Waals surface area contributed by atoms with Crippen molar-refractivity contribution in [3.8, 4) is 0 Å². The molecule has 6 heteroatoms. The fourth-order valence-corrected chi connectivity index (χ4v) is 2.03. The summed E-state index contributed by atoms with van der Waals surface area (Å²) in [6.07, 6.45) is 0. The lowest BCUT2D eigenvalue weighted by Gasteiger charge is -2.28. The van der Waals surface area contributed by atoms with Gasteiger partial charge in [-0.1, -0.05) is 18.2 Å². The third kappa shape index (κ3) is 3.34. The molecule has 1 aliphatic heterocycles. The minimum absolute atomic E-state index is 0.0268. The van der Waals surface area contributed by atoms with Gasteiger partial charge in [0, 0.05) is 25.7 Å². The van der Waals surface area contributed by atoms with E-state index in [1.807, 2.05) is 6.07 Å². The molecule has 2 rings (SSSR count). The summed E-state index contributed by atoms with van der Waals surface area (Å²) in [5.41, 5.74) is 0.541. The summed E-state index contributed by atoms with van der Waals surface area (Å²) in [6.45, 7) is 0.978. The Bertz CT molecular complexity index is 516. The molecule has 0 saturated carbocycles. The second kappa shape index (κ2) is 6.18. The molecule has 1 saturated heterocycles. The Morgan fingerprint density at radius 3 is 2.65 bits per heavy atom. The van der Waals surface area contributed by atoms with Crippen LogP contribution in [0.3, 0.4) is 0 Å². The van der Waals surface area contributed by atoms with Gasteiger partial charge in [-0.15, -0.1) is 0 Å². The van der Waals surface area contributed by atoms with E-state index in [1.165, 1.54) is 9.80 Å². The van der Waals surface area contributed by atoms with Gasteiger partial charge in [0.05, 0.1) is 13.1 Å². The smallest absolute Gasteiger partial charge is 0.254 e. The minimum Gasteiger partial charge on any atom is -0.353 e. The third-order valence-corrected chi connectivity index (χ3v) is 3.13. The van der Waals surface area contributed by atoms with Crippen LogP contribution in [-0.4, -0.2) is 60.7 Å². The largest absolute Gasteiger partial charge is 0.353 e. The van der Waals surface area contributed by atoms with E-state index in [9.17, 15) is 14.4 Å². The van der Waals surface area contributed by atoms with Crippen LogP contribution in [0.5, 0.6) is 0 Å². The maximum absolute atomic E-state index is 12.1. The standard InChI is InChI=1S/C14H17N3O3/c1-16(14(20)11-5-3-2-4-6-11)10-13(19)17-8-7-15-12(18)9-17/h2-6H,7-10H2,1H3,(H,15,18). The SMILES string of the molecule is CN(CC(=O)N1CCNC(=O)C1)C(=O)c1ccccc1. The fourth-order valence-electron chi connectivity index (χ4n) is 2.03. The Morgan fingerprint density at radius 2 is 2.00 bits per heavy atom. The molecule has 0 aromatic heterocycles. The number of amides is 3. The fraction of sp³-hybridized carbons (Fsp3) is 0.357.